The quantitative estimate of drug-likeness (QED) is 0.906. The molecule has 1 heterocycles. The Balaban J connectivity index is 1.86. The van der Waals surface area contributed by atoms with Gasteiger partial charge in [-0.25, -0.2) is 0 Å². The standard InChI is InChI=1S/C12H19BrN2S/c1-12(14,9-3-4-9)8-15(2)6-11-5-10(13)7-16-11/h5,7,9H,3-4,6,8,14H2,1-2H3. The number of thiophene rings is 1. The Bertz CT molecular complexity index is 358. The van der Waals surface area contributed by atoms with Gasteiger partial charge in [0.2, 0.25) is 0 Å². The van der Waals surface area contributed by atoms with Crippen LogP contribution in [0, 0.1) is 5.92 Å². The Labute approximate surface area is 110 Å². The van der Waals surface area contributed by atoms with Crippen molar-refractivity contribution >= 4 is 27.3 Å². The van der Waals surface area contributed by atoms with Gasteiger partial charge in [-0.05, 0) is 54.7 Å². The van der Waals surface area contributed by atoms with Gasteiger partial charge in [0.1, 0.15) is 0 Å². The molecule has 90 valence electrons. The largest absolute Gasteiger partial charge is 0.324 e. The van der Waals surface area contributed by atoms with E-state index in [2.05, 4.69) is 46.2 Å². The molecule has 0 saturated heterocycles. The fourth-order valence-electron chi connectivity index (χ4n) is 2.21. The summed E-state index contributed by atoms with van der Waals surface area (Å²) in [6, 6.07) is 2.19. The van der Waals surface area contributed by atoms with Crippen molar-refractivity contribution < 1.29 is 0 Å². The Morgan fingerprint density at radius 3 is 2.81 bits per heavy atom. The highest BCUT2D eigenvalue weighted by atomic mass is 79.9. The molecule has 2 N–H and O–H groups in total. The minimum Gasteiger partial charge on any atom is -0.324 e. The van der Waals surface area contributed by atoms with Gasteiger partial charge in [-0.15, -0.1) is 11.3 Å². The smallest absolute Gasteiger partial charge is 0.0326 e. The van der Waals surface area contributed by atoms with Crippen molar-refractivity contribution in [2.24, 2.45) is 11.7 Å². The second-order valence-corrected chi connectivity index (χ2v) is 7.10. The SMILES string of the molecule is CN(Cc1cc(Br)cs1)CC(C)(N)C1CC1. The lowest BCUT2D eigenvalue weighted by atomic mass is 9.97. The van der Waals surface area contributed by atoms with E-state index < -0.39 is 0 Å². The van der Waals surface area contributed by atoms with E-state index in [9.17, 15) is 0 Å². The molecule has 1 saturated carbocycles. The van der Waals surface area contributed by atoms with Crippen molar-refractivity contribution in [1.29, 1.82) is 0 Å². The summed E-state index contributed by atoms with van der Waals surface area (Å²) in [6.07, 6.45) is 2.62. The first-order chi connectivity index (χ1) is 7.47. The molecule has 1 aromatic rings. The van der Waals surface area contributed by atoms with Crippen LogP contribution in [-0.4, -0.2) is 24.0 Å². The maximum atomic E-state index is 6.33. The van der Waals surface area contributed by atoms with Gasteiger partial charge in [0.15, 0.2) is 0 Å². The van der Waals surface area contributed by atoms with Crippen molar-refractivity contribution in [2.45, 2.75) is 31.8 Å². The molecule has 16 heavy (non-hydrogen) atoms. The molecule has 1 unspecified atom stereocenters. The lowest BCUT2D eigenvalue weighted by molar-refractivity contribution is 0.233. The lowest BCUT2D eigenvalue weighted by Gasteiger charge is -2.30. The van der Waals surface area contributed by atoms with Crippen molar-refractivity contribution in [2.75, 3.05) is 13.6 Å². The van der Waals surface area contributed by atoms with E-state index >= 15 is 0 Å². The van der Waals surface area contributed by atoms with Crippen LogP contribution in [0.3, 0.4) is 0 Å². The van der Waals surface area contributed by atoms with Crippen LogP contribution in [0.25, 0.3) is 0 Å². The van der Waals surface area contributed by atoms with E-state index in [0.29, 0.717) is 0 Å². The first kappa shape index (κ1) is 12.6. The summed E-state index contributed by atoms with van der Waals surface area (Å²) < 4.78 is 1.18. The van der Waals surface area contributed by atoms with Crippen LogP contribution in [0.1, 0.15) is 24.6 Å². The Hall–Kier alpha value is 0.1000. The number of nitrogens with zero attached hydrogens (tertiary/aromatic N) is 1. The summed E-state index contributed by atoms with van der Waals surface area (Å²) in [5.41, 5.74) is 6.32. The Morgan fingerprint density at radius 2 is 2.31 bits per heavy atom. The molecule has 1 atom stereocenters. The first-order valence-electron chi connectivity index (χ1n) is 5.68. The average molecular weight is 303 g/mol. The van der Waals surface area contributed by atoms with Gasteiger partial charge in [0.05, 0.1) is 0 Å². The number of hydrogen-bond acceptors (Lipinski definition) is 3. The Morgan fingerprint density at radius 1 is 1.62 bits per heavy atom. The van der Waals surface area contributed by atoms with Crippen LogP contribution in [-0.2, 0) is 6.54 Å². The van der Waals surface area contributed by atoms with Gasteiger partial charge in [-0.3, -0.25) is 4.90 Å². The van der Waals surface area contributed by atoms with Crippen LogP contribution < -0.4 is 5.73 Å². The summed E-state index contributed by atoms with van der Waals surface area (Å²) in [6.45, 7) is 4.16. The number of halogens is 1. The Kier molecular flexibility index (Phi) is 3.74. The van der Waals surface area contributed by atoms with E-state index in [1.54, 1.807) is 11.3 Å². The predicted molar refractivity (Wildman–Crippen MR) is 73.7 cm³/mol. The number of likely N-dealkylation sites (N-methyl/N-ethyl adjacent to an activating group) is 1. The zero-order valence-electron chi connectivity index (χ0n) is 9.87. The normalized spacial score (nSPS) is 20.1. The third kappa shape index (κ3) is 3.29. The third-order valence-corrected chi connectivity index (χ3v) is 4.85. The van der Waals surface area contributed by atoms with Gasteiger partial charge in [-0.1, -0.05) is 0 Å². The van der Waals surface area contributed by atoms with Crippen molar-refractivity contribution in [3.8, 4) is 0 Å². The van der Waals surface area contributed by atoms with Crippen LogP contribution in [0.5, 0.6) is 0 Å². The fourth-order valence-corrected chi connectivity index (χ4v) is 3.74. The summed E-state index contributed by atoms with van der Waals surface area (Å²) >= 11 is 5.28. The van der Waals surface area contributed by atoms with Gasteiger partial charge >= 0.3 is 0 Å². The molecule has 0 radical (unpaired) electrons. The minimum absolute atomic E-state index is 0.0107. The van der Waals surface area contributed by atoms with Crippen LogP contribution in [0.4, 0.5) is 0 Å². The molecule has 1 aliphatic rings. The maximum Gasteiger partial charge on any atom is 0.0326 e. The summed E-state index contributed by atoms with van der Waals surface area (Å²) in [5.74, 6) is 0.741. The van der Waals surface area contributed by atoms with Crippen molar-refractivity contribution in [3.05, 3.63) is 20.8 Å². The molecule has 0 aliphatic heterocycles. The minimum atomic E-state index is -0.0107. The van der Waals surface area contributed by atoms with Crippen LogP contribution in [0.2, 0.25) is 0 Å². The predicted octanol–water partition coefficient (Wildman–Crippen LogP) is 3.07. The molecule has 4 heteroatoms. The monoisotopic (exact) mass is 302 g/mol. The van der Waals surface area contributed by atoms with Crippen LogP contribution in [0.15, 0.2) is 15.9 Å². The number of rotatable bonds is 5. The van der Waals surface area contributed by atoms with Gasteiger partial charge in [0.25, 0.3) is 0 Å². The molecule has 1 fully saturated rings. The number of nitrogens with two attached hydrogens (primary N) is 1. The molecular formula is C12H19BrN2S. The fraction of sp³-hybridized carbons (Fsp3) is 0.667. The highest BCUT2D eigenvalue weighted by molar-refractivity contribution is 9.10. The highest BCUT2D eigenvalue weighted by Gasteiger charge is 2.38. The average Bonchev–Trinajstić information content (AvgIpc) is 2.92. The summed E-state index contributed by atoms with van der Waals surface area (Å²) in [4.78, 5) is 3.72. The van der Waals surface area contributed by atoms with Gasteiger partial charge < -0.3 is 5.73 Å². The zero-order chi connectivity index (χ0) is 11.8. The van der Waals surface area contributed by atoms with Gasteiger partial charge in [-0.2, -0.15) is 0 Å². The molecule has 0 amide bonds. The molecule has 2 rings (SSSR count). The molecule has 1 aromatic heterocycles. The second kappa shape index (κ2) is 4.77. The molecule has 0 aromatic carbocycles. The van der Waals surface area contributed by atoms with E-state index in [-0.39, 0.29) is 5.54 Å². The van der Waals surface area contributed by atoms with E-state index in [1.807, 2.05) is 0 Å². The van der Waals surface area contributed by atoms with Crippen LogP contribution >= 0.6 is 27.3 Å². The van der Waals surface area contributed by atoms with E-state index in [4.69, 9.17) is 5.73 Å². The molecule has 1 aliphatic carbocycles. The molecule has 0 bridgehead atoms. The number of hydrogen-bond donors (Lipinski definition) is 1. The topological polar surface area (TPSA) is 29.3 Å². The summed E-state index contributed by atoms with van der Waals surface area (Å²) in [7, 11) is 2.15. The first-order valence-corrected chi connectivity index (χ1v) is 7.35. The lowest BCUT2D eigenvalue weighted by Crippen LogP contribution is -2.48. The zero-order valence-corrected chi connectivity index (χ0v) is 12.3. The van der Waals surface area contributed by atoms with E-state index in [1.165, 1.54) is 22.2 Å². The van der Waals surface area contributed by atoms with Gasteiger partial charge in [0, 0.05) is 33.4 Å². The highest BCUT2D eigenvalue weighted by Crippen LogP contribution is 2.38. The van der Waals surface area contributed by atoms with Crippen molar-refractivity contribution in [1.82, 2.24) is 4.90 Å². The molecule has 2 nitrogen and oxygen atoms in total. The molecular weight excluding hydrogens is 284 g/mol. The summed E-state index contributed by atoms with van der Waals surface area (Å²) in [5, 5.41) is 2.13. The van der Waals surface area contributed by atoms with Crippen molar-refractivity contribution in [3.63, 3.8) is 0 Å². The van der Waals surface area contributed by atoms with E-state index in [0.717, 1.165) is 19.0 Å². The second-order valence-electron chi connectivity index (χ2n) is 5.18. The third-order valence-electron chi connectivity index (χ3n) is 3.17. The maximum absolute atomic E-state index is 6.33. The molecule has 0 spiro atoms.